The minimum atomic E-state index is 0.713. The number of benzene rings is 3. The van der Waals surface area contributed by atoms with E-state index < -0.39 is 0 Å². The van der Waals surface area contributed by atoms with Crippen LogP contribution >= 0.6 is 0 Å². The van der Waals surface area contributed by atoms with E-state index in [1.165, 1.54) is 53.9 Å². The number of rotatable bonds is 7. The molecule has 158 valence electrons. The van der Waals surface area contributed by atoms with Crippen molar-refractivity contribution in [3.8, 4) is 0 Å². The molecule has 4 rings (SSSR count). The van der Waals surface area contributed by atoms with Crippen molar-refractivity contribution in [3.63, 3.8) is 0 Å². The van der Waals surface area contributed by atoms with Gasteiger partial charge in [0.25, 0.3) is 0 Å². The maximum atomic E-state index is 2.52. The van der Waals surface area contributed by atoms with Gasteiger partial charge >= 0.3 is 0 Å². The van der Waals surface area contributed by atoms with Crippen LogP contribution in [0.25, 0.3) is 6.08 Å². The normalized spacial score (nSPS) is 18.7. The molecule has 0 fully saturated rings. The van der Waals surface area contributed by atoms with E-state index >= 15 is 0 Å². The van der Waals surface area contributed by atoms with Crippen LogP contribution in [0.4, 0.5) is 17.1 Å². The van der Waals surface area contributed by atoms with Crippen LogP contribution in [0.2, 0.25) is 0 Å². The number of nitrogens with zero attached hydrogens (tertiary/aromatic N) is 1. The molecule has 2 atom stereocenters. The lowest BCUT2D eigenvalue weighted by molar-refractivity contribution is 0.426. The molecule has 1 heteroatoms. The first kappa shape index (κ1) is 21.2. The van der Waals surface area contributed by atoms with Gasteiger partial charge in [-0.2, -0.15) is 0 Å². The number of allylic oxidation sites excluding steroid dienone is 3. The van der Waals surface area contributed by atoms with E-state index in [0.29, 0.717) is 5.92 Å². The van der Waals surface area contributed by atoms with Gasteiger partial charge in [-0.3, -0.25) is 0 Å². The molecular weight excluding hydrogens is 374 g/mol. The average Bonchev–Trinajstić information content (AvgIpc) is 2.85. The third kappa shape index (κ3) is 5.17. The fourth-order valence-electron chi connectivity index (χ4n) is 4.56. The molecule has 0 aliphatic heterocycles. The van der Waals surface area contributed by atoms with Crippen LogP contribution in [0.1, 0.15) is 45.1 Å². The van der Waals surface area contributed by atoms with Crippen molar-refractivity contribution in [2.75, 3.05) is 4.90 Å². The van der Waals surface area contributed by atoms with E-state index in [2.05, 4.69) is 122 Å². The topological polar surface area (TPSA) is 3.24 Å². The molecule has 0 saturated heterocycles. The molecule has 0 saturated carbocycles. The van der Waals surface area contributed by atoms with E-state index in [9.17, 15) is 0 Å². The first-order valence-electron chi connectivity index (χ1n) is 11.7. The van der Waals surface area contributed by atoms with Crippen molar-refractivity contribution >= 4 is 23.1 Å². The van der Waals surface area contributed by atoms with Gasteiger partial charge in [0, 0.05) is 17.1 Å². The highest BCUT2D eigenvalue weighted by molar-refractivity contribution is 5.76. The van der Waals surface area contributed by atoms with Crippen molar-refractivity contribution < 1.29 is 0 Å². The third-order valence-corrected chi connectivity index (χ3v) is 6.45. The summed E-state index contributed by atoms with van der Waals surface area (Å²) in [5.41, 5.74) is 6.28. The molecule has 0 bridgehead atoms. The number of hydrogen-bond donors (Lipinski definition) is 0. The molecule has 2 unspecified atom stereocenters. The smallest absolute Gasteiger partial charge is 0.0462 e. The second kappa shape index (κ2) is 10.3. The van der Waals surface area contributed by atoms with Gasteiger partial charge in [0.1, 0.15) is 0 Å². The minimum Gasteiger partial charge on any atom is -0.311 e. The Balaban J connectivity index is 1.59. The third-order valence-electron chi connectivity index (χ3n) is 6.45. The molecule has 0 N–H and O–H groups in total. The summed E-state index contributed by atoms with van der Waals surface area (Å²) in [5, 5.41) is 0. The Morgan fingerprint density at radius 3 is 1.81 bits per heavy atom. The summed E-state index contributed by atoms with van der Waals surface area (Å²) in [6, 6.07) is 30.0. The first-order valence-corrected chi connectivity index (χ1v) is 11.7. The lowest BCUT2D eigenvalue weighted by atomic mass is 9.80. The number of hydrogen-bond acceptors (Lipinski definition) is 1. The van der Waals surface area contributed by atoms with Crippen molar-refractivity contribution in [1.29, 1.82) is 0 Å². The van der Waals surface area contributed by atoms with Crippen LogP contribution in [-0.2, 0) is 0 Å². The van der Waals surface area contributed by atoms with Gasteiger partial charge in [-0.05, 0) is 85.1 Å². The first-order chi connectivity index (χ1) is 15.3. The predicted octanol–water partition coefficient (Wildman–Crippen LogP) is 8.94. The lowest BCUT2D eigenvalue weighted by Crippen LogP contribution is -2.12. The van der Waals surface area contributed by atoms with Crippen molar-refractivity contribution in [2.24, 2.45) is 11.8 Å². The summed E-state index contributed by atoms with van der Waals surface area (Å²) in [6.45, 7) is 4.62. The fraction of sp³-hybridized carbons (Fsp3) is 0.267. The second-order valence-corrected chi connectivity index (χ2v) is 8.45. The Morgan fingerprint density at radius 2 is 1.26 bits per heavy atom. The molecule has 1 aliphatic carbocycles. The van der Waals surface area contributed by atoms with Crippen LogP contribution in [0.5, 0.6) is 0 Å². The molecular formula is C30H33N. The quantitative estimate of drug-likeness (QED) is 0.378. The van der Waals surface area contributed by atoms with Crippen LogP contribution in [0.15, 0.2) is 103 Å². The summed E-state index contributed by atoms with van der Waals surface area (Å²) in [6.07, 6.45) is 12.3. The maximum absolute atomic E-state index is 2.52. The zero-order chi connectivity index (χ0) is 21.5. The van der Waals surface area contributed by atoms with Crippen molar-refractivity contribution in [1.82, 2.24) is 0 Å². The van der Waals surface area contributed by atoms with Crippen LogP contribution in [0, 0.1) is 11.8 Å². The highest BCUT2D eigenvalue weighted by Gasteiger charge is 2.19. The summed E-state index contributed by atoms with van der Waals surface area (Å²) in [4.78, 5) is 2.30. The van der Waals surface area contributed by atoms with Gasteiger partial charge in [0.05, 0.1) is 0 Å². The van der Waals surface area contributed by atoms with Gasteiger partial charge in [-0.25, -0.2) is 0 Å². The van der Waals surface area contributed by atoms with Gasteiger partial charge in [0.2, 0.25) is 0 Å². The van der Waals surface area contributed by atoms with Crippen molar-refractivity contribution in [2.45, 2.75) is 39.5 Å². The van der Waals surface area contributed by atoms with Gasteiger partial charge < -0.3 is 4.90 Å². The Kier molecular flexibility index (Phi) is 7.04. The van der Waals surface area contributed by atoms with Gasteiger partial charge in [0.15, 0.2) is 0 Å². The Morgan fingerprint density at radius 1 is 0.677 bits per heavy atom. The maximum Gasteiger partial charge on any atom is 0.0462 e. The molecule has 0 aromatic heterocycles. The Labute approximate surface area is 187 Å². The van der Waals surface area contributed by atoms with Crippen LogP contribution in [-0.4, -0.2) is 0 Å². The Bertz CT molecular complexity index is 960. The van der Waals surface area contributed by atoms with E-state index in [4.69, 9.17) is 0 Å². The van der Waals surface area contributed by atoms with Crippen LogP contribution in [0.3, 0.4) is 0 Å². The molecule has 0 radical (unpaired) electrons. The molecule has 1 nitrogen and oxygen atoms in total. The standard InChI is InChI=1S/C30H33N/c1-3-24-15-19-26(4-2)27(23-24)20-16-25-17-21-30(22-18-25)31(28-11-7-5-8-12-28)29-13-9-6-10-14-29/h5-14,16-18,20-24,26H,3-4,15,19H2,1-2H3. The molecule has 3 aromatic rings. The summed E-state index contributed by atoms with van der Waals surface area (Å²) in [7, 11) is 0. The molecule has 1 aliphatic rings. The largest absolute Gasteiger partial charge is 0.311 e. The molecule has 31 heavy (non-hydrogen) atoms. The SMILES string of the molecule is CCC1C=C(C=Cc2ccc(N(c3ccccc3)c3ccccc3)cc2)C(CC)CC1. The summed E-state index contributed by atoms with van der Waals surface area (Å²) < 4.78 is 0. The molecule has 0 spiro atoms. The molecule has 3 aromatic carbocycles. The number of para-hydroxylation sites is 2. The van der Waals surface area contributed by atoms with Crippen LogP contribution < -0.4 is 4.90 Å². The van der Waals surface area contributed by atoms with Crippen molar-refractivity contribution in [3.05, 3.63) is 108 Å². The zero-order valence-corrected chi connectivity index (χ0v) is 18.7. The monoisotopic (exact) mass is 407 g/mol. The minimum absolute atomic E-state index is 0.713. The summed E-state index contributed by atoms with van der Waals surface area (Å²) >= 11 is 0. The van der Waals surface area contributed by atoms with Gasteiger partial charge in [-0.1, -0.05) is 80.6 Å². The highest BCUT2D eigenvalue weighted by atomic mass is 15.1. The molecule has 0 heterocycles. The second-order valence-electron chi connectivity index (χ2n) is 8.45. The fourth-order valence-corrected chi connectivity index (χ4v) is 4.56. The Hall–Kier alpha value is -3.06. The van der Waals surface area contributed by atoms with E-state index in [-0.39, 0.29) is 0 Å². The molecule has 0 amide bonds. The van der Waals surface area contributed by atoms with Gasteiger partial charge in [-0.15, -0.1) is 0 Å². The van der Waals surface area contributed by atoms with E-state index in [0.717, 1.165) is 5.92 Å². The van der Waals surface area contributed by atoms with E-state index in [1.54, 1.807) is 0 Å². The average molecular weight is 408 g/mol. The predicted molar refractivity (Wildman–Crippen MR) is 135 cm³/mol. The highest BCUT2D eigenvalue weighted by Crippen LogP contribution is 2.35. The zero-order valence-electron chi connectivity index (χ0n) is 18.7. The summed E-state index contributed by atoms with van der Waals surface area (Å²) in [5.74, 6) is 1.46. The number of anilines is 3. The van der Waals surface area contributed by atoms with E-state index in [1.807, 2.05) is 0 Å². The lowest BCUT2D eigenvalue weighted by Gasteiger charge is -2.26.